The Kier molecular flexibility index (Phi) is 5.71. The zero-order chi connectivity index (χ0) is 21.8. The maximum absolute atomic E-state index is 5.05. The summed E-state index contributed by atoms with van der Waals surface area (Å²) in [6, 6.07) is 38.6. The largest absolute Gasteiger partial charge is 0.381 e. The Morgan fingerprint density at radius 3 is 2.12 bits per heavy atom. The van der Waals surface area contributed by atoms with Gasteiger partial charge in [0.25, 0.3) is 0 Å². The van der Waals surface area contributed by atoms with Crippen molar-refractivity contribution >= 4 is 17.1 Å². The van der Waals surface area contributed by atoms with Crippen LogP contribution in [0.15, 0.2) is 114 Å². The van der Waals surface area contributed by atoms with Gasteiger partial charge in [-0.1, -0.05) is 90.5 Å². The summed E-state index contributed by atoms with van der Waals surface area (Å²) in [4.78, 5) is 0. The number of nitrogens with zero attached hydrogens (tertiary/aromatic N) is 2. The zero-order valence-electron chi connectivity index (χ0n) is 18.3. The maximum atomic E-state index is 5.05. The first-order valence-corrected chi connectivity index (χ1v) is 11.1. The highest BCUT2D eigenvalue weighted by Gasteiger charge is 2.29. The predicted octanol–water partition coefficient (Wildman–Crippen LogP) is 6.96. The minimum atomic E-state index is 0.197. The van der Waals surface area contributed by atoms with E-state index in [1.807, 2.05) is 0 Å². The van der Waals surface area contributed by atoms with Crippen molar-refractivity contribution in [2.75, 3.05) is 10.3 Å². The normalized spacial score (nSPS) is 15.5. The van der Waals surface area contributed by atoms with Crippen LogP contribution in [0.3, 0.4) is 0 Å². The van der Waals surface area contributed by atoms with Gasteiger partial charge in [0.1, 0.15) is 0 Å². The van der Waals surface area contributed by atoms with Gasteiger partial charge in [-0.3, -0.25) is 5.01 Å². The van der Waals surface area contributed by atoms with E-state index < -0.39 is 0 Å². The standard InChI is InChI=1S/C29H27N3/c1-22-12-16-26(17-13-22)30-21-23-14-18-27(19-15-23)32-29(25-10-6-3-7-11-25)20-28(31-32)24-8-4-2-5-9-24/h2-19,29-30H,20-21H2,1H3. The predicted molar refractivity (Wildman–Crippen MR) is 134 cm³/mol. The third-order valence-corrected chi connectivity index (χ3v) is 5.95. The van der Waals surface area contributed by atoms with Crippen LogP contribution in [0.4, 0.5) is 11.4 Å². The summed E-state index contributed by atoms with van der Waals surface area (Å²) in [6.07, 6.45) is 0.894. The lowest BCUT2D eigenvalue weighted by molar-refractivity contribution is 0.709. The number of nitrogens with one attached hydrogen (secondary N) is 1. The number of rotatable bonds is 6. The summed E-state index contributed by atoms with van der Waals surface area (Å²) in [6.45, 7) is 2.90. The average Bonchev–Trinajstić information content (AvgIpc) is 3.31. The number of hydrogen-bond donors (Lipinski definition) is 1. The molecule has 5 rings (SSSR count). The quantitative estimate of drug-likeness (QED) is 0.367. The fourth-order valence-corrected chi connectivity index (χ4v) is 4.13. The third-order valence-electron chi connectivity index (χ3n) is 5.95. The van der Waals surface area contributed by atoms with E-state index >= 15 is 0 Å². The summed E-state index contributed by atoms with van der Waals surface area (Å²) >= 11 is 0. The Labute approximate surface area is 190 Å². The van der Waals surface area contributed by atoms with Gasteiger partial charge in [-0.2, -0.15) is 5.10 Å². The van der Waals surface area contributed by atoms with Crippen molar-refractivity contribution in [2.24, 2.45) is 5.10 Å². The molecule has 1 unspecified atom stereocenters. The molecule has 0 aromatic heterocycles. The smallest absolute Gasteiger partial charge is 0.0831 e. The molecule has 0 bridgehead atoms. The lowest BCUT2D eigenvalue weighted by Crippen LogP contribution is -2.18. The number of hydrogen-bond acceptors (Lipinski definition) is 3. The molecule has 0 spiro atoms. The lowest BCUT2D eigenvalue weighted by atomic mass is 9.98. The van der Waals surface area contributed by atoms with Crippen LogP contribution in [-0.4, -0.2) is 5.71 Å². The van der Waals surface area contributed by atoms with E-state index in [-0.39, 0.29) is 6.04 Å². The van der Waals surface area contributed by atoms with E-state index in [0.717, 1.165) is 30.1 Å². The van der Waals surface area contributed by atoms with Crippen molar-refractivity contribution in [3.8, 4) is 0 Å². The van der Waals surface area contributed by atoms with E-state index in [1.54, 1.807) is 0 Å². The fraction of sp³-hybridized carbons (Fsp3) is 0.138. The fourth-order valence-electron chi connectivity index (χ4n) is 4.13. The molecular weight excluding hydrogens is 390 g/mol. The molecule has 158 valence electrons. The molecule has 1 aliphatic rings. The Morgan fingerprint density at radius 1 is 0.781 bits per heavy atom. The van der Waals surface area contributed by atoms with Crippen LogP contribution in [0.2, 0.25) is 0 Å². The van der Waals surface area contributed by atoms with Crippen molar-refractivity contribution in [1.29, 1.82) is 0 Å². The second-order valence-corrected chi connectivity index (χ2v) is 8.27. The van der Waals surface area contributed by atoms with Crippen molar-refractivity contribution in [2.45, 2.75) is 25.9 Å². The highest BCUT2D eigenvalue weighted by atomic mass is 15.5. The first-order chi connectivity index (χ1) is 15.8. The first-order valence-electron chi connectivity index (χ1n) is 11.1. The molecule has 4 aromatic carbocycles. The number of anilines is 2. The van der Waals surface area contributed by atoms with Gasteiger partial charge >= 0.3 is 0 Å². The number of aryl methyl sites for hydroxylation is 1. The van der Waals surface area contributed by atoms with Crippen molar-refractivity contribution in [1.82, 2.24) is 0 Å². The first kappa shape index (κ1) is 20.1. The van der Waals surface area contributed by atoms with Crippen LogP contribution in [0.5, 0.6) is 0 Å². The van der Waals surface area contributed by atoms with Crippen LogP contribution in [0.1, 0.15) is 34.7 Å². The summed E-state index contributed by atoms with van der Waals surface area (Å²) in [5.74, 6) is 0. The van der Waals surface area contributed by atoms with Gasteiger partial charge in [-0.05, 0) is 47.9 Å². The summed E-state index contributed by atoms with van der Waals surface area (Å²) < 4.78 is 0. The second kappa shape index (κ2) is 9.11. The second-order valence-electron chi connectivity index (χ2n) is 8.27. The molecule has 0 amide bonds. The molecule has 1 heterocycles. The van der Waals surface area contributed by atoms with E-state index in [9.17, 15) is 0 Å². The van der Waals surface area contributed by atoms with Crippen molar-refractivity contribution in [3.05, 3.63) is 131 Å². The van der Waals surface area contributed by atoms with E-state index in [2.05, 4.69) is 126 Å². The van der Waals surface area contributed by atoms with Gasteiger partial charge in [-0.25, -0.2) is 0 Å². The molecule has 0 saturated carbocycles. The average molecular weight is 418 g/mol. The monoisotopic (exact) mass is 417 g/mol. The van der Waals surface area contributed by atoms with Crippen molar-refractivity contribution < 1.29 is 0 Å². The molecule has 0 fully saturated rings. The van der Waals surface area contributed by atoms with Crippen LogP contribution in [0, 0.1) is 6.92 Å². The summed E-state index contributed by atoms with van der Waals surface area (Å²) in [5.41, 5.74) is 8.38. The molecule has 1 aliphatic heterocycles. The zero-order valence-corrected chi connectivity index (χ0v) is 18.3. The Balaban J connectivity index is 1.37. The molecule has 0 saturated heterocycles. The summed E-state index contributed by atoms with van der Waals surface area (Å²) in [5, 5.41) is 10.7. The molecular formula is C29H27N3. The van der Waals surface area contributed by atoms with E-state index in [0.29, 0.717) is 0 Å². The van der Waals surface area contributed by atoms with Crippen molar-refractivity contribution in [3.63, 3.8) is 0 Å². The van der Waals surface area contributed by atoms with Crippen LogP contribution in [-0.2, 0) is 6.54 Å². The van der Waals surface area contributed by atoms with Gasteiger partial charge in [0, 0.05) is 18.7 Å². The Bertz CT molecular complexity index is 1180. The SMILES string of the molecule is Cc1ccc(NCc2ccc(N3N=C(c4ccccc4)CC3c3ccccc3)cc2)cc1. The molecule has 0 aliphatic carbocycles. The Hall–Kier alpha value is -3.85. The van der Waals surface area contributed by atoms with Gasteiger partial charge in [0.15, 0.2) is 0 Å². The molecule has 4 aromatic rings. The molecule has 3 heteroatoms. The molecule has 0 radical (unpaired) electrons. The minimum Gasteiger partial charge on any atom is -0.381 e. The van der Waals surface area contributed by atoms with Gasteiger partial charge in [0.2, 0.25) is 0 Å². The highest BCUT2D eigenvalue weighted by molar-refractivity contribution is 6.03. The highest BCUT2D eigenvalue weighted by Crippen LogP contribution is 2.36. The molecule has 3 nitrogen and oxygen atoms in total. The van der Waals surface area contributed by atoms with E-state index in [4.69, 9.17) is 5.10 Å². The van der Waals surface area contributed by atoms with E-state index in [1.165, 1.54) is 22.3 Å². The molecule has 1 atom stereocenters. The van der Waals surface area contributed by atoms with Gasteiger partial charge < -0.3 is 5.32 Å². The van der Waals surface area contributed by atoms with Gasteiger partial charge in [-0.15, -0.1) is 0 Å². The van der Waals surface area contributed by atoms with Crippen LogP contribution < -0.4 is 10.3 Å². The Morgan fingerprint density at radius 2 is 1.44 bits per heavy atom. The molecule has 32 heavy (non-hydrogen) atoms. The summed E-state index contributed by atoms with van der Waals surface area (Å²) in [7, 11) is 0. The van der Waals surface area contributed by atoms with Gasteiger partial charge in [0.05, 0.1) is 17.4 Å². The minimum absolute atomic E-state index is 0.197. The van der Waals surface area contributed by atoms with Crippen LogP contribution in [0.25, 0.3) is 0 Å². The maximum Gasteiger partial charge on any atom is 0.0831 e. The lowest BCUT2D eigenvalue weighted by Gasteiger charge is -2.24. The number of hydrazone groups is 1. The van der Waals surface area contributed by atoms with Crippen LogP contribution >= 0.6 is 0 Å². The topological polar surface area (TPSA) is 27.6 Å². The third kappa shape index (κ3) is 4.42. The number of benzene rings is 4. The molecule has 1 N–H and O–H groups in total.